The van der Waals surface area contributed by atoms with Crippen molar-refractivity contribution in [3.8, 4) is 0 Å². The topological polar surface area (TPSA) is 66.1 Å². The third-order valence-corrected chi connectivity index (χ3v) is 5.45. The van der Waals surface area contributed by atoms with Crippen LogP contribution in [0.2, 0.25) is 0 Å². The lowest BCUT2D eigenvalue weighted by atomic mass is 10.3. The molecule has 0 spiro atoms. The van der Waals surface area contributed by atoms with Gasteiger partial charge < -0.3 is 0 Å². The SMILES string of the molecule is CCC(C)N(CC)S(=O)(=O)c1n[nH]c(C)c1CCl. The van der Waals surface area contributed by atoms with Crippen LogP contribution < -0.4 is 0 Å². The predicted molar refractivity (Wildman–Crippen MR) is 72.2 cm³/mol. The Morgan fingerprint density at radius 2 is 2.06 bits per heavy atom. The van der Waals surface area contributed by atoms with E-state index in [0.29, 0.717) is 17.8 Å². The first-order chi connectivity index (χ1) is 8.39. The van der Waals surface area contributed by atoms with Gasteiger partial charge in [-0.1, -0.05) is 13.8 Å². The van der Waals surface area contributed by atoms with Gasteiger partial charge in [-0.05, 0) is 20.3 Å². The molecule has 0 radical (unpaired) electrons. The smallest absolute Gasteiger partial charge is 0.262 e. The largest absolute Gasteiger partial charge is 0.281 e. The van der Waals surface area contributed by atoms with Gasteiger partial charge in [-0.3, -0.25) is 5.10 Å². The van der Waals surface area contributed by atoms with Crippen LogP contribution in [0.25, 0.3) is 0 Å². The van der Waals surface area contributed by atoms with Crippen LogP contribution in [0.5, 0.6) is 0 Å². The zero-order valence-electron chi connectivity index (χ0n) is 11.2. The van der Waals surface area contributed by atoms with Crippen molar-refractivity contribution in [2.75, 3.05) is 6.54 Å². The minimum atomic E-state index is -3.58. The van der Waals surface area contributed by atoms with Gasteiger partial charge in [0.15, 0.2) is 5.03 Å². The van der Waals surface area contributed by atoms with E-state index in [1.165, 1.54) is 4.31 Å². The molecule has 0 aliphatic rings. The van der Waals surface area contributed by atoms with Crippen molar-refractivity contribution in [1.29, 1.82) is 0 Å². The number of nitrogens with zero attached hydrogens (tertiary/aromatic N) is 2. The number of aromatic nitrogens is 2. The number of alkyl halides is 1. The van der Waals surface area contributed by atoms with Gasteiger partial charge >= 0.3 is 0 Å². The van der Waals surface area contributed by atoms with E-state index in [4.69, 9.17) is 11.6 Å². The maximum absolute atomic E-state index is 12.5. The third kappa shape index (κ3) is 2.70. The standard InChI is InChI=1S/C11H20ClN3O2S/c1-5-8(3)15(6-2)18(16,17)11-10(7-12)9(4)13-14-11/h8H,5-7H2,1-4H3,(H,13,14). The lowest BCUT2D eigenvalue weighted by Crippen LogP contribution is -2.38. The number of aryl methyl sites for hydroxylation is 1. The fourth-order valence-electron chi connectivity index (χ4n) is 1.83. The first-order valence-electron chi connectivity index (χ1n) is 6.01. The number of nitrogens with one attached hydrogen (secondary N) is 1. The average Bonchev–Trinajstić information content (AvgIpc) is 2.71. The van der Waals surface area contributed by atoms with E-state index < -0.39 is 10.0 Å². The van der Waals surface area contributed by atoms with Crippen molar-refractivity contribution < 1.29 is 8.42 Å². The second-order valence-electron chi connectivity index (χ2n) is 4.23. The van der Waals surface area contributed by atoms with E-state index in [1.54, 1.807) is 6.92 Å². The summed E-state index contributed by atoms with van der Waals surface area (Å²) in [5, 5.41) is 6.65. The fourth-order valence-corrected chi connectivity index (χ4v) is 4.12. The molecule has 0 fully saturated rings. The summed E-state index contributed by atoms with van der Waals surface area (Å²) in [5.74, 6) is 0.134. The van der Waals surface area contributed by atoms with Crippen LogP contribution in [0.4, 0.5) is 0 Å². The Morgan fingerprint density at radius 3 is 2.50 bits per heavy atom. The van der Waals surface area contributed by atoms with Gasteiger partial charge in [-0.15, -0.1) is 11.6 Å². The molecule has 5 nitrogen and oxygen atoms in total. The van der Waals surface area contributed by atoms with Crippen LogP contribution in [0.1, 0.15) is 38.4 Å². The molecule has 7 heteroatoms. The van der Waals surface area contributed by atoms with Crippen LogP contribution in [-0.4, -0.2) is 35.5 Å². The normalized spacial score (nSPS) is 14.1. The Kier molecular flexibility index (Phi) is 5.19. The summed E-state index contributed by atoms with van der Waals surface area (Å²) in [6.45, 7) is 7.86. The summed E-state index contributed by atoms with van der Waals surface area (Å²) in [5.41, 5.74) is 1.25. The fraction of sp³-hybridized carbons (Fsp3) is 0.727. The van der Waals surface area contributed by atoms with Crippen LogP contribution in [0, 0.1) is 6.92 Å². The monoisotopic (exact) mass is 293 g/mol. The first kappa shape index (κ1) is 15.5. The van der Waals surface area contributed by atoms with Crippen molar-refractivity contribution in [2.45, 2.75) is 51.1 Å². The molecule has 0 aliphatic carbocycles. The summed E-state index contributed by atoms with van der Waals surface area (Å²) < 4.78 is 26.5. The number of aromatic amines is 1. The Labute approximate surface area is 114 Å². The summed E-state index contributed by atoms with van der Waals surface area (Å²) in [6, 6.07) is -0.0554. The first-order valence-corrected chi connectivity index (χ1v) is 7.99. The molecule has 1 rings (SSSR count). The van der Waals surface area contributed by atoms with Gasteiger partial charge in [0, 0.05) is 23.8 Å². The molecule has 0 bridgehead atoms. The summed E-state index contributed by atoms with van der Waals surface area (Å²) in [7, 11) is -3.58. The highest BCUT2D eigenvalue weighted by Crippen LogP contribution is 2.24. The molecule has 0 saturated heterocycles. The molecule has 1 heterocycles. The molecule has 1 aromatic rings. The minimum absolute atomic E-state index is 0.0529. The quantitative estimate of drug-likeness (QED) is 0.818. The summed E-state index contributed by atoms with van der Waals surface area (Å²) in [4.78, 5) is 0. The molecular weight excluding hydrogens is 274 g/mol. The van der Waals surface area contributed by atoms with Crippen LogP contribution in [-0.2, 0) is 15.9 Å². The number of rotatable bonds is 6. The number of sulfonamides is 1. The van der Waals surface area contributed by atoms with Crippen LogP contribution in [0.15, 0.2) is 5.03 Å². The molecule has 1 N–H and O–H groups in total. The van der Waals surface area contributed by atoms with E-state index >= 15 is 0 Å². The molecule has 1 aromatic heterocycles. The molecule has 18 heavy (non-hydrogen) atoms. The molecule has 0 aliphatic heterocycles. The van der Waals surface area contributed by atoms with Gasteiger partial charge in [-0.25, -0.2) is 8.42 Å². The highest BCUT2D eigenvalue weighted by Gasteiger charge is 2.31. The Bertz CT molecular complexity index is 498. The highest BCUT2D eigenvalue weighted by atomic mass is 35.5. The molecule has 0 amide bonds. The van der Waals surface area contributed by atoms with Crippen molar-refractivity contribution in [3.05, 3.63) is 11.3 Å². The number of hydrogen-bond acceptors (Lipinski definition) is 3. The molecule has 104 valence electrons. The Balaban J connectivity index is 3.27. The maximum atomic E-state index is 12.5. The number of hydrogen-bond donors (Lipinski definition) is 1. The Hall–Kier alpha value is -0.590. The van der Waals surface area contributed by atoms with Gasteiger partial charge in [0.2, 0.25) is 0 Å². The van der Waals surface area contributed by atoms with Crippen molar-refractivity contribution in [3.63, 3.8) is 0 Å². The van der Waals surface area contributed by atoms with Gasteiger partial charge in [0.25, 0.3) is 10.0 Å². The lowest BCUT2D eigenvalue weighted by Gasteiger charge is -2.25. The van der Waals surface area contributed by atoms with Gasteiger partial charge in [-0.2, -0.15) is 9.40 Å². The van der Waals surface area contributed by atoms with E-state index in [0.717, 1.165) is 6.42 Å². The van der Waals surface area contributed by atoms with Gasteiger partial charge in [0.05, 0.1) is 5.88 Å². The second-order valence-corrected chi connectivity index (χ2v) is 6.30. The van der Waals surface area contributed by atoms with Crippen molar-refractivity contribution >= 4 is 21.6 Å². The van der Waals surface area contributed by atoms with E-state index in [-0.39, 0.29) is 16.9 Å². The van der Waals surface area contributed by atoms with Crippen LogP contribution in [0.3, 0.4) is 0 Å². The van der Waals surface area contributed by atoms with E-state index in [2.05, 4.69) is 10.2 Å². The molecular formula is C11H20ClN3O2S. The lowest BCUT2D eigenvalue weighted by molar-refractivity contribution is 0.341. The van der Waals surface area contributed by atoms with Crippen LogP contribution >= 0.6 is 11.6 Å². The average molecular weight is 294 g/mol. The number of halogens is 1. The summed E-state index contributed by atoms with van der Waals surface area (Å²) >= 11 is 5.80. The molecule has 0 aromatic carbocycles. The zero-order chi connectivity index (χ0) is 13.9. The van der Waals surface area contributed by atoms with E-state index in [9.17, 15) is 8.42 Å². The minimum Gasteiger partial charge on any atom is -0.281 e. The third-order valence-electron chi connectivity index (χ3n) is 3.12. The zero-order valence-corrected chi connectivity index (χ0v) is 12.8. The Morgan fingerprint density at radius 1 is 1.44 bits per heavy atom. The van der Waals surface area contributed by atoms with Crippen molar-refractivity contribution in [2.24, 2.45) is 0 Å². The molecule has 1 unspecified atom stereocenters. The highest BCUT2D eigenvalue weighted by molar-refractivity contribution is 7.89. The van der Waals surface area contributed by atoms with Crippen molar-refractivity contribution in [1.82, 2.24) is 14.5 Å². The number of H-pyrrole nitrogens is 1. The molecule has 1 atom stereocenters. The predicted octanol–water partition coefficient (Wildman–Crippen LogP) is 2.27. The maximum Gasteiger partial charge on any atom is 0.262 e. The van der Waals surface area contributed by atoms with E-state index in [1.807, 2.05) is 20.8 Å². The second kappa shape index (κ2) is 6.04. The molecule has 0 saturated carbocycles. The van der Waals surface area contributed by atoms with Gasteiger partial charge in [0.1, 0.15) is 0 Å². The summed E-state index contributed by atoms with van der Waals surface area (Å²) in [6.07, 6.45) is 0.757.